The van der Waals surface area contributed by atoms with Crippen molar-refractivity contribution in [3.8, 4) is 5.75 Å². The fourth-order valence-corrected chi connectivity index (χ4v) is 3.80. The monoisotopic (exact) mass is 382 g/mol. The molecule has 5 heteroatoms. The van der Waals surface area contributed by atoms with Gasteiger partial charge in [-0.25, -0.2) is 0 Å². The molecule has 1 aromatic carbocycles. The lowest BCUT2D eigenvalue weighted by atomic mass is 9.89. The molecule has 1 fully saturated rings. The standard InChI is InChI=1S/C23H30N2O3/c1-22(2)15-27-23(28-16-22)11-6-9-21-18(10-12-23)13-19(14-24-21)25-17-26-20-7-4-3-5-8-20/h3-5,7-8,13-14,25H,6,9-12,15-17H2,1-2H3. The Labute approximate surface area is 167 Å². The van der Waals surface area contributed by atoms with Crippen molar-refractivity contribution < 1.29 is 14.2 Å². The van der Waals surface area contributed by atoms with Crippen LogP contribution in [0.1, 0.15) is 44.4 Å². The van der Waals surface area contributed by atoms with Crippen LogP contribution in [-0.4, -0.2) is 30.7 Å². The van der Waals surface area contributed by atoms with Gasteiger partial charge in [-0.15, -0.1) is 0 Å². The number of pyridine rings is 1. The molecule has 0 bridgehead atoms. The first-order chi connectivity index (χ1) is 13.5. The van der Waals surface area contributed by atoms with Gasteiger partial charge in [0.15, 0.2) is 12.5 Å². The lowest BCUT2D eigenvalue weighted by molar-refractivity contribution is -0.304. The number of fused-ring (bicyclic) bond motifs is 1. The van der Waals surface area contributed by atoms with E-state index in [1.165, 1.54) is 11.3 Å². The van der Waals surface area contributed by atoms with Crippen LogP contribution in [0.5, 0.6) is 5.75 Å². The number of benzene rings is 1. The number of aromatic nitrogens is 1. The van der Waals surface area contributed by atoms with E-state index in [0.29, 0.717) is 6.73 Å². The normalized spacial score (nSPS) is 20.6. The zero-order chi connectivity index (χ0) is 19.5. The second kappa shape index (κ2) is 8.10. The molecule has 2 heterocycles. The first-order valence-electron chi connectivity index (χ1n) is 10.2. The van der Waals surface area contributed by atoms with Crippen LogP contribution in [0.2, 0.25) is 0 Å². The van der Waals surface area contributed by atoms with E-state index >= 15 is 0 Å². The topological polar surface area (TPSA) is 52.6 Å². The maximum Gasteiger partial charge on any atom is 0.168 e. The van der Waals surface area contributed by atoms with Gasteiger partial charge in [0.25, 0.3) is 0 Å². The lowest BCUT2D eigenvalue weighted by Gasteiger charge is -2.44. The smallest absolute Gasteiger partial charge is 0.168 e. The summed E-state index contributed by atoms with van der Waals surface area (Å²) in [7, 11) is 0. The molecule has 1 aliphatic heterocycles. The Morgan fingerprint density at radius 1 is 1.07 bits per heavy atom. The van der Waals surface area contributed by atoms with Crippen LogP contribution in [0.15, 0.2) is 42.6 Å². The number of nitrogens with one attached hydrogen (secondary N) is 1. The van der Waals surface area contributed by atoms with Crippen molar-refractivity contribution in [3.63, 3.8) is 0 Å². The second-order valence-electron chi connectivity index (χ2n) is 8.61. The van der Waals surface area contributed by atoms with Gasteiger partial charge in [0.2, 0.25) is 0 Å². The van der Waals surface area contributed by atoms with Crippen LogP contribution in [0.3, 0.4) is 0 Å². The van der Waals surface area contributed by atoms with E-state index in [4.69, 9.17) is 19.2 Å². The molecule has 1 aromatic heterocycles. The number of aryl methyl sites for hydroxylation is 2. The van der Waals surface area contributed by atoms with Gasteiger partial charge in [-0.1, -0.05) is 32.0 Å². The average molecular weight is 383 g/mol. The summed E-state index contributed by atoms with van der Waals surface area (Å²) >= 11 is 0. The summed E-state index contributed by atoms with van der Waals surface area (Å²) < 4.78 is 18.2. The molecule has 5 nitrogen and oxygen atoms in total. The fraction of sp³-hybridized carbons (Fsp3) is 0.522. The van der Waals surface area contributed by atoms with E-state index < -0.39 is 5.79 Å². The van der Waals surface area contributed by atoms with Crippen molar-refractivity contribution in [1.29, 1.82) is 0 Å². The van der Waals surface area contributed by atoms with Crippen LogP contribution in [0, 0.1) is 5.41 Å². The number of hydrogen-bond donors (Lipinski definition) is 1. The Hall–Kier alpha value is -2.11. The molecule has 1 N–H and O–H groups in total. The van der Waals surface area contributed by atoms with Crippen LogP contribution in [-0.2, 0) is 22.3 Å². The maximum atomic E-state index is 6.24. The summed E-state index contributed by atoms with van der Waals surface area (Å²) in [5.74, 6) is 0.429. The minimum atomic E-state index is -0.424. The third-order valence-electron chi connectivity index (χ3n) is 5.52. The van der Waals surface area contributed by atoms with Crippen molar-refractivity contribution >= 4 is 5.69 Å². The number of para-hydroxylation sites is 1. The number of rotatable bonds is 4. The summed E-state index contributed by atoms with van der Waals surface area (Å²) in [6.07, 6.45) is 6.63. The molecule has 2 aliphatic rings. The molecule has 2 aromatic rings. The molecule has 0 amide bonds. The van der Waals surface area contributed by atoms with Crippen molar-refractivity contribution in [2.45, 2.75) is 51.7 Å². The van der Waals surface area contributed by atoms with Crippen molar-refractivity contribution in [2.24, 2.45) is 5.41 Å². The first-order valence-corrected chi connectivity index (χ1v) is 10.2. The third kappa shape index (κ3) is 4.65. The highest BCUT2D eigenvalue weighted by Crippen LogP contribution is 2.37. The van der Waals surface area contributed by atoms with Crippen molar-refractivity contribution in [1.82, 2.24) is 4.98 Å². The van der Waals surface area contributed by atoms with Gasteiger partial charge < -0.3 is 19.5 Å². The van der Waals surface area contributed by atoms with Crippen LogP contribution >= 0.6 is 0 Å². The van der Waals surface area contributed by atoms with E-state index in [9.17, 15) is 0 Å². The van der Waals surface area contributed by atoms with Gasteiger partial charge in [0.05, 0.1) is 25.1 Å². The number of nitrogens with zero attached hydrogens (tertiary/aromatic N) is 1. The minimum absolute atomic E-state index is 0.100. The van der Waals surface area contributed by atoms with Gasteiger partial charge in [0, 0.05) is 24.0 Å². The predicted octanol–water partition coefficient (Wildman–Crippen LogP) is 4.57. The second-order valence-corrected chi connectivity index (χ2v) is 8.61. The Bertz CT molecular complexity index is 782. The summed E-state index contributed by atoms with van der Waals surface area (Å²) in [6, 6.07) is 12.0. The van der Waals surface area contributed by atoms with Crippen LogP contribution in [0.4, 0.5) is 5.69 Å². The molecule has 150 valence electrons. The zero-order valence-electron chi connectivity index (χ0n) is 16.9. The Kier molecular flexibility index (Phi) is 5.56. The quantitative estimate of drug-likeness (QED) is 0.785. The summed E-state index contributed by atoms with van der Waals surface area (Å²) in [4.78, 5) is 4.70. The molecule has 0 saturated carbocycles. The van der Waals surface area contributed by atoms with E-state index in [1.807, 2.05) is 36.5 Å². The van der Waals surface area contributed by atoms with E-state index in [1.54, 1.807) is 0 Å². The predicted molar refractivity (Wildman–Crippen MR) is 109 cm³/mol. The largest absolute Gasteiger partial charge is 0.473 e. The molecular formula is C23H30N2O3. The van der Waals surface area contributed by atoms with Gasteiger partial charge >= 0.3 is 0 Å². The number of hydrogen-bond acceptors (Lipinski definition) is 5. The fourth-order valence-electron chi connectivity index (χ4n) is 3.80. The SMILES string of the molecule is CC1(C)COC2(CCCc3ncc(NCOc4ccccc4)cc3CC2)OC1. The number of ether oxygens (including phenoxy) is 3. The summed E-state index contributed by atoms with van der Waals surface area (Å²) in [6.45, 7) is 6.32. The molecule has 1 saturated heterocycles. The molecule has 0 radical (unpaired) electrons. The highest BCUT2D eigenvalue weighted by Gasteiger charge is 2.40. The third-order valence-corrected chi connectivity index (χ3v) is 5.52. The minimum Gasteiger partial charge on any atom is -0.473 e. The molecule has 28 heavy (non-hydrogen) atoms. The summed E-state index contributed by atoms with van der Waals surface area (Å²) in [5, 5.41) is 3.31. The zero-order valence-corrected chi connectivity index (χ0v) is 16.9. The van der Waals surface area contributed by atoms with Crippen LogP contribution in [0.25, 0.3) is 0 Å². The molecular weight excluding hydrogens is 352 g/mol. The van der Waals surface area contributed by atoms with Crippen LogP contribution < -0.4 is 10.1 Å². The van der Waals surface area contributed by atoms with Gasteiger partial charge in [-0.05, 0) is 43.0 Å². The molecule has 0 unspecified atom stereocenters. The molecule has 1 aliphatic carbocycles. The lowest BCUT2D eigenvalue weighted by Crippen LogP contribution is -2.48. The first kappa shape index (κ1) is 19.2. The number of anilines is 1. The average Bonchev–Trinajstić information content (AvgIpc) is 2.69. The summed E-state index contributed by atoms with van der Waals surface area (Å²) in [5.41, 5.74) is 3.56. The maximum absolute atomic E-state index is 6.24. The Morgan fingerprint density at radius 2 is 1.86 bits per heavy atom. The Morgan fingerprint density at radius 3 is 2.64 bits per heavy atom. The van der Waals surface area contributed by atoms with Gasteiger partial charge in [0.1, 0.15) is 5.75 Å². The van der Waals surface area contributed by atoms with Gasteiger partial charge in [-0.3, -0.25) is 4.98 Å². The van der Waals surface area contributed by atoms with E-state index in [-0.39, 0.29) is 5.41 Å². The molecule has 4 rings (SSSR count). The molecule has 1 spiro atoms. The van der Waals surface area contributed by atoms with E-state index in [0.717, 1.165) is 56.8 Å². The highest BCUT2D eigenvalue weighted by atomic mass is 16.7. The molecule has 0 atom stereocenters. The van der Waals surface area contributed by atoms with Crippen molar-refractivity contribution in [3.05, 3.63) is 53.9 Å². The van der Waals surface area contributed by atoms with E-state index in [2.05, 4.69) is 25.2 Å². The van der Waals surface area contributed by atoms with Gasteiger partial charge in [-0.2, -0.15) is 0 Å². The Balaban J connectivity index is 1.38. The highest BCUT2D eigenvalue weighted by molar-refractivity contribution is 5.45. The van der Waals surface area contributed by atoms with Crippen molar-refractivity contribution in [2.75, 3.05) is 25.3 Å².